The summed E-state index contributed by atoms with van der Waals surface area (Å²) in [6.45, 7) is 3.78. The first-order valence-electron chi connectivity index (χ1n) is 9.41. The second kappa shape index (κ2) is 11.1. The number of amides is 1. The lowest BCUT2D eigenvalue weighted by Gasteiger charge is -2.25. The summed E-state index contributed by atoms with van der Waals surface area (Å²) in [5, 5.41) is 6.72. The molecule has 1 heterocycles. The minimum atomic E-state index is 0. The standard InChI is InChI=1S/C20H31N3O.2ClH/c1-15(23(2)14-16-8-4-3-5-9-16)13-21-20(24)19-12-17-10-6-7-11-18(17)22-19;;/h3-5,8-9,15,17-19,22H,6-7,10-14H2,1-2H3,(H,21,24);2*1H. The van der Waals surface area contributed by atoms with Crippen LogP contribution in [0, 0.1) is 5.92 Å². The Morgan fingerprint density at radius 2 is 1.92 bits per heavy atom. The summed E-state index contributed by atoms with van der Waals surface area (Å²) in [5.74, 6) is 0.900. The van der Waals surface area contributed by atoms with Crippen LogP contribution >= 0.6 is 24.8 Å². The highest BCUT2D eigenvalue weighted by Gasteiger charge is 2.38. The largest absolute Gasteiger partial charge is 0.353 e. The molecule has 26 heavy (non-hydrogen) atoms. The highest BCUT2D eigenvalue weighted by molar-refractivity contribution is 5.85. The lowest BCUT2D eigenvalue weighted by Crippen LogP contribution is -2.47. The fraction of sp³-hybridized carbons (Fsp3) is 0.650. The molecule has 1 aromatic rings. The Kier molecular flexibility index (Phi) is 9.94. The van der Waals surface area contributed by atoms with E-state index in [0.29, 0.717) is 24.5 Å². The van der Waals surface area contributed by atoms with Gasteiger partial charge in [-0.05, 0) is 44.7 Å². The molecule has 1 saturated heterocycles. The Hall–Kier alpha value is -0.810. The number of hydrogen-bond donors (Lipinski definition) is 2. The summed E-state index contributed by atoms with van der Waals surface area (Å²) in [4.78, 5) is 14.8. The number of nitrogens with one attached hydrogen (secondary N) is 2. The quantitative estimate of drug-likeness (QED) is 0.767. The van der Waals surface area contributed by atoms with E-state index in [1.165, 1.54) is 31.2 Å². The highest BCUT2D eigenvalue weighted by Crippen LogP contribution is 2.33. The monoisotopic (exact) mass is 401 g/mol. The molecule has 4 atom stereocenters. The molecule has 4 unspecified atom stereocenters. The van der Waals surface area contributed by atoms with Gasteiger partial charge in [0.15, 0.2) is 0 Å². The van der Waals surface area contributed by atoms with Crippen molar-refractivity contribution in [3.8, 4) is 0 Å². The van der Waals surface area contributed by atoms with Gasteiger partial charge in [0, 0.05) is 25.2 Å². The first-order valence-corrected chi connectivity index (χ1v) is 9.41. The summed E-state index contributed by atoms with van der Waals surface area (Å²) < 4.78 is 0. The van der Waals surface area contributed by atoms with E-state index in [4.69, 9.17) is 0 Å². The molecule has 0 spiro atoms. The molecule has 2 N–H and O–H groups in total. The van der Waals surface area contributed by atoms with Crippen LogP contribution in [0.1, 0.15) is 44.6 Å². The fourth-order valence-electron chi connectivity index (χ4n) is 4.08. The van der Waals surface area contributed by atoms with Gasteiger partial charge < -0.3 is 10.6 Å². The average molecular weight is 402 g/mol. The van der Waals surface area contributed by atoms with Crippen LogP contribution in [-0.2, 0) is 11.3 Å². The van der Waals surface area contributed by atoms with Crippen molar-refractivity contribution >= 4 is 30.7 Å². The van der Waals surface area contributed by atoms with E-state index in [0.717, 1.165) is 13.0 Å². The van der Waals surface area contributed by atoms with Crippen molar-refractivity contribution in [1.29, 1.82) is 0 Å². The van der Waals surface area contributed by atoms with Crippen molar-refractivity contribution in [1.82, 2.24) is 15.5 Å². The first-order chi connectivity index (χ1) is 11.6. The molecule has 148 valence electrons. The van der Waals surface area contributed by atoms with Crippen molar-refractivity contribution in [3.05, 3.63) is 35.9 Å². The van der Waals surface area contributed by atoms with E-state index in [2.05, 4.69) is 53.8 Å². The lowest BCUT2D eigenvalue weighted by atomic mass is 9.85. The molecule has 6 heteroatoms. The SMILES string of the molecule is CC(CNC(=O)C1CC2CCCCC2N1)N(C)Cc1ccccc1.Cl.Cl. The second-order valence-electron chi connectivity index (χ2n) is 7.60. The number of hydrogen-bond acceptors (Lipinski definition) is 3. The zero-order chi connectivity index (χ0) is 16.9. The Morgan fingerprint density at radius 1 is 1.23 bits per heavy atom. The predicted molar refractivity (Wildman–Crippen MR) is 112 cm³/mol. The van der Waals surface area contributed by atoms with Crippen LogP contribution in [0.5, 0.6) is 0 Å². The van der Waals surface area contributed by atoms with Gasteiger partial charge in [0.05, 0.1) is 6.04 Å². The van der Waals surface area contributed by atoms with E-state index in [1.807, 2.05) is 6.07 Å². The smallest absolute Gasteiger partial charge is 0.237 e. The third-order valence-corrected chi connectivity index (χ3v) is 5.78. The fourth-order valence-corrected chi connectivity index (χ4v) is 4.08. The van der Waals surface area contributed by atoms with Gasteiger partial charge in [-0.15, -0.1) is 24.8 Å². The number of fused-ring (bicyclic) bond motifs is 1. The molecule has 0 bridgehead atoms. The molecule has 3 rings (SSSR count). The zero-order valence-electron chi connectivity index (χ0n) is 15.8. The van der Waals surface area contributed by atoms with E-state index in [9.17, 15) is 4.79 Å². The second-order valence-corrected chi connectivity index (χ2v) is 7.60. The van der Waals surface area contributed by atoms with Crippen LogP contribution in [0.3, 0.4) is 0 Å². The van der Waals surface area contributed by atoms with E-state index < -0.39 is 0 Å². The van der Waals surface area contributed by atoms with Gasteiger partial charge in [-0.3, -0.25) is 9.69 Å². The van der Waals surface area contributed by atoms with Gasteiger partial charge in [-0.25, -0.2) is 0 Å². The summed E-state index contributed by atoms with van der Waals surface area (Å²) in [5.41, 5.74) is 1.31. The Balaban J connectivity index is 0.00000169. The molecule has 4 nitrogen and oxygen atoms in total. The van der Waals surface area contributed by atoms with Crippen LogP contribution < -0.4 is 10.6 Å². The van der Waals surface area contributed by atoms with E-state index in [1.54, 1.807) is 0 Å². The lowest BCUT2D eigenvalue weighted by molar-refractivity contribution is -0.123. The molecule has 1 aromatic carbocycles. The highest BCUT2D eigenvalue weighted by atomic mass is 35.5. The van der Waals surface area contributed by atoms with Crippen LogP contribution in [0.25, 0.3) is 0 Å². The topological polar surface area (TPSA) is 44.4 Å². The number of rotatable bonds is 6. The van der Waals surface area contributed by atoms with Gasteiger partial charge in [-0.1, -0.05) is 43.2 Å². The number of likely N-dealkylation sites (N-methyl/N-ethyl adjacent to an activating group) is 1. The first kappa shape index (κ1) is 23.2. The third-order valence-electron chi connectivity index (χ3n) is 5.78. The van der Waals surface area contributed by atoms with Gasteiger partial charge in [0.25, 0.3) is 0 Å². The normalized spacial score (nSPS) is 25.6. The van der Waals surface area contributed by atoms with Crippen molar-refractivity contribution in [2.75, 3.05) is 13.6 Å². The maximum Gasteiger partial charge on any atom is 0.237 e. The minimum absolute atomic E-state index is 0. The van der Waals surface area contributed by atoms with Crippen molar-refractivity contribution < 1.29 is 4.79 Å². The van der Waals surface area contributed by atoms with Crippen molar-refractivity contribution in [3.63, 3.8) is 0 Å². The average Bonchev–Trinajstić information content (AvgIpc) is 3.04. The number of benzene rings is 1. The van der Waals surface area contributed by atoms with E-state index in [-0.39, 0.29) is 36.8 Å². The minimum Gasteiger partial charge on any atom is -0.353 e. The molecule has 2 aliphatic rings. The Bertz CT molecular complexity index is 529. The number of carbonyl (C=O) groups excluding carboxylic acids is 1. The number of nitrogens with zero attached hydrogens (tertiary/aromatic N) is 1. The van der Waals surface area contributed by atoms with Gasteiger partial charge in [0.2, 0.25) is 5.91 Å². The maximum atomic E-state index is 12.5. The molecule has 0 aromatic heterocycles. The molecule has 1 amide bonds. The summed E-state index contributed by atoms with van der Waals surface area (Å²) in [6, 6.07) is 11.4. The molecule has 2 fully saturated rings. The molecular formula is C20H33Cl2N3O. The van der Waals surface area contributed by atoms with Crippen LogP contribution in [-0.4, -0.2) is 42.5 Å². The van der Waals surface area contributed by atoms with Crippen molar-refractivity contribution in [2.45, 2.75) is 63.7 Å². The van der Waals surface area contributed by atoms with Crippen LogP contribution in [0.2, 0.25) is 0 Å². The predicted octanol–water partition coefficient (Wildman–Crippen LogP) is 3.39. The maximum absolute atomic E-state index is 12.5. The van der Waals surface area contributed by atoms with Crippen LogP contribution in [0.4, 0.5) is 0 Å². The summed E-state index contributed by atoms with van der Waals surface area (Å²) in [6.07, 6.45) is 6.19. The van der Waals surface area contributed by atoms with Gasteiger partial charge in [-0.2, -0.15) is 0 Å². The molecule has 0 radical (unpaired) electrons. The molecule has 1 aliphatic heterocycles. The van der Waals surface area contributed by atoms with Gasteiger partial charge >= 0.3 is 0 Å². The van der Waals surface area contributed by atoms with Crippen molar-refractivity contribution in [2.24, 2.45) is 5.92 Å². The zero-order valence-corrected chi connectivity index (χ0v) is 17.5. The Morgan fingerprint density at radius 3 is 2.62 bits per heavy atom. The van der Waals surface area contributed by atoms with Crippen LogP contribution in [0.15, 0.2) is 30.3 Å². The molecule has 1 aliphatic carbocycles. The molecular weight excluding hydrogens is 369 g/mol. The third kappa shape index (κ3) is 6.12. The van der Waals surface area contributed by atoms with E-state index >= 15 is 0 Å². The summed E-state index contributed by atoms with van der Waals surface area (Å²) in [7, 11) is 2.12. The summed E-state index contributed by atoms with van der Waals surface area (Å²) >= 11 is 0. The number of carbonyl (C=O) groups is 1. The molecule has 1 saturated carbocycles. The van der Waals surface area contributed by atoms with Gasteiger partial charge in [0.1, 0.15) is 0 Å². The number of halogens is 2. The Labute approximate surface area is 170 Å².